The van der Waals surface area contributed by atoms with Crippen LogP contribution in [-0.4, -0.2) is 32.6 Å². The number of aromatic nitrogens is 4. The first kappa shape index (κ1) is 18.0. The lowest BCUT2D eigenvalue weighted by Crippen LogP contribution is -2.42. The molecule has 0 radical (unpaired) electrons. The van der Waals surface area contributed by atoms with Gasteiger partial charge in [-0.05, 0) is 37.1 Å². The van der Waals surface area contributed by atoms with Crippen LogP contribution in [0.4, 0.5) is 10.3 Å². The molecule has 3 N–H and O–H groups in total. The molecule has 1 aliphatic carbocycles. The lowest BCUT2D eigenvalue weighted by Gasteiger charge is -2.41. The molecule has 4 rings (SSSR count). The first-order valence-corrected chi connectivity index (χ1v) is 9.02. The van der Waals surface area contributed by atoms with E-state index in [2.05, 4.69) is 25.5 Å². The van der Waals surface area contributed by atoms with E-state index < -0.39 is 5.91 Å². The van der Waals surface area contributed by atoms with Gasteiger partial charge in [0.2, 0.25) is 11.9 Å². The fourth-order valence-corrected chi connectivity index (χ4v) is 3.45. The van der Waals surface area contributed by atoms with Crippen molar-refractivity contribution in [2.24, 2.45) is 5.73 Å². The Kier molecular flexibility index (Phi) is 4.68. The summed E-state index contributed by atoms with van der Waals surface area (Å²) in [5, 5.41) is 11.4. The fourth-order valence-electron chi connectivity index (χ4n) is 3.45. The summed E-state index contributed by atoms with van der Waals surface area (Å²) in [6.07, 6.45) is 5.94. The van der Waals surface area contributed by atoms with Crippen LogP contribution in [0, 0.1) is 5.82 Å². The molecule has 28 heavy (non-hydrogen) atoms. The maximum Gasteiger partial charge on any atom is 0.248 e. The number of carbonyl (C=O) groups excluding carboxylic acids is 1. The molecule has 8 heteroatoms. The average Bonchev–Trinajstić information content (AvgIpc) is 2.69. The number of benzene rings is 1. The lowest BCUT2D eigenvalue weighted by molar-refractivity contribution is 0.100. The first-order valence-electron chi connectivity index (χ1n) is 9.02. The molecule has 0 unspecified atom stereocenters. The lowest BCUT2D eigenvalue weighted by atomic mass is 9.66. The van der Waals surface area contributed by atoms with Gasteiger partial charge >= 0.3 is 0 Å². The Morgan fingerprint density at radius 3 is 2.68 bits per heavy atom. The van der Waals surface area contributed by atoms with Crippen molar-refractivity contribution in [3.8, 4) is 11.3 Å². The van der Waals surface area contributed by atoms with Gasteiger partial charge in [-0.2, -0.15) is 0 Å². The third kappa shape index (κ3) is 3.40. The zero-order chi connectivity index (χ0) is 19.6. The summed E-state index contributed by atoms with van der Waals surface area (Å²) < 4.78 is 14.2. The number of nitrogens with zero attached hydrogens (tertiary/aromatic N) is 4. The van der Waals surface area contributed by atoms with Crippen LogP contribution in [0.25, 0.3) is 11.3 Å². The molecule has 0 bridgehead atoms. The number of nitrogens with two attached hydrogens (primary N) is 1. The van der Waals surface area contributed by atoms with E-state index in [9.17, 15) is 9.18 Å². The van der Waals surface area contributed by atoms with Gasteiger partial charge in [0, 0.05) is 29.3 Å². The highest BCUT2D eigenvalue weighted by Crippen LogP contribution is 2.43. The molecule has 0 aliphatic heterocycles. The van der Waals surface area contributed by atoms with E-state index in [0.29, 0.717) is 35.0 Å². The van der Waals surface area contributed by atoms with E-state index in [-0.39, 0.29) is 11.2 Å². The molecule has 0 spiro atoms. The van der Waals surface area contributed by atoms with Crippen LogP contribution in [0.3, 0.4) is 0 Å². The number of nitrogens with one attached hydrogen (secondary N) is 1. The Labute approximate surface area is 161 Å². The molecule has 1 aromatic carbocycles. The number of carbonyl (C=O) groups is 1. The maximum absolute atomic E-state index is 14.2. The van der Waals surface area contributed by atoms with E-state index in [1.807, 2.05) is 0 Å². The summed E-state index contributed by atoms with van der Waals surface area (Å²) in [4.78, 5) is 19.9. The average molecular weight is 378 g/mol. The van der Waals surface area contributed by atoms with Crippen molar-refractivity contribution in [2.75, 3.05) is 11.9 Å². The molecule has 2 heterocycles. The predicted molar refractivity (Wildman–Crippen MR) is 102 cm³/mol. The Morgan fingerprint density at radius 1 is 1.18 bits per heavy atom. The largest absolute Gasteiger partial charge is 0.366 e. The van der Waals surface area contributed by atoms with Gasteiger partial charge in [-0.1, -0.05) is 18.6 Å². The molecule has 1 saturated carbocycles. The van der Waals surface area contributed by atoms with Gasteiger partial charge in [-0.3, -0.25) is 9.78 Å². The molecule has 7 nitrogen and oxygen atoms in total. The van der Waals surface area contributed by atoms with Crippen molar-refractivity contribution in [1.82, 2.24) is 20.2 Å². The van der Waals surface area contributed by atoms with Crippen molar-refractivity contribution in [3.63, 3.8) is 0 Å². The van der Waals surface area contributed by atoms with Crippen molar-refractivity contribution < 1.29 is 9.18 Å². The highest BCUT2D eigenvalue weighted by atomic mass is 19.1. The second kappa shape index (κ2) is 7.30. The van der Waals surface area contributed by atoms with E-state index in [1.54, 1.807) is 42.7 Å². The van der Waals surface area contributed by atoms with Gasteiger partial charge in [-0.25, -0.2) is 9.37 Å². The maximum atomic E-state index is 14.2. The van der Waals surface area contributed by atoms with E-state index in [0.717, 1.165) is 19.3 Å². The number of anilines is 1. The third-order valence-electron chi connectivity index (χ3n) is 5.16. The SMILES string of the molecule is NC(=O)c1cccc(-c2cnc(NCC3(c4ncccc4F)CCC3)nn2)c1. The third-order valence-corrected chi connectivity index (χ3v) is 5.16. The second-order valence-corrected chi connectivity index (χ2v) is 6.93. The Morgan fingerprint density at radius 2 is 2.04 bits per heavy atom. The van der Waals surface area contributed by atoms with Crippen LogP contribution in [0.15, 0.2) is 48.8 Å². The zero-order valence-corrected chi connectivity index (χ0v) is 15.1. The van der Waals surface area contributed by atoms with Crippen LogP contribution in [0.2, 0.25) is 0 Å². The van der Waals surface area contributed by atoms with Crippen LogP contribution >= 0.6 is 0 Å². The molecular weight excluding hydrogens is 359 g/mol. The van der Waals surface area contributed by atoms with Gasteiger partial charge in [0.15, 0.2) is 0 Å². The number of rotatable bonds is 6. The molecule has 1 aliphatic rings. The summed E-state index contributed by atoms with van der Waals surface area (Å²) in [6.45, 7) is 0.485. The number of pyridine rings is 1. The summed E-state index contributed by atoms with van der Waals surface area (Å²) in [6, 6.07) is 9.85. The highest BCUT2D eigenvalue weighted by Gasteiger charge is 2.41. The van der Waals surface area contributed by atoms with Gasteiger partial charge in [0.1, 0.15) is 11.5 Å². The zero-order valence-electron chi connectivity index (χ0n) is 15.1. The molecule has 0 atom stereocenters. The molecule has 2 aromatic heterocycles. The van der Waals surface area contributed by atoms with Crippen molar-refractivity contribution in [2.45, 2.75) is 24.7 Å². The summed E-state index contributed by atoms with van der Waals surface area (Å²) in [7, 11) is 0. The van der Waals surface area contributed by atoms with Crippen molar-refractivity contribution in [3.05, 3.63) is 65.9 Å². The summed E-state index contributed by atoms with van der Waals surface area (Å²) in [5.41, 5.74) is 7.08. The molecule has 1 amide bonds. The number of halogens is 1. The quantitative estimate of drug-likeness (QED) is 0.683. The van der Waals surface area contributed by atoms with Gasteiger partial charge in [0.05, 0.1) is 11.9 Å². The normalized spacial score (nSPS) is 14.9. The minimum Gasteiger partial charge on any atom is -0.366 e. The van der Waals surface area contributed by atoms with E-state index in [1.165, 1.54) is 6.07 Å². The number of amides is 1. The van der Waals surface area contributed by atoms with Crippen molar-refractivity contribution in [1.29, 1.82) is 0 Å². The van der Waals surface area contributed by atoms with Gasteiger partial charge in [0.25, 0.3) is 0 Å². The van der Waals surface area contributed by atoms with E-state index >= 15 is 0 Å². The topological polar surface area (TPSA) is 107 Å². The molecule has 0 saturated heterocycles. The van der Waals surface area contributed by atoms with E-state index in [4.69, 9.17) is 5.73 Å². The second-order valence-electron chi connectivity index (χ2n) is 6.93. The highest BCUT2D eigenvalue weighted by molar-refractivity contribution is 5.93. The Hall–Kier alpha value is -3.42. The molecule has 1 fully saturated rings. The van der Waals surface area contributed by atoms with Crippen LogP contribution in [0.1, 0.15) is 35.3 Å². The van der Waals surface area contributed by atoms with Crippen LogP contribution in [0.5, 0.6) is 0 Å². The first-order chi connectivity index (χ1) is 13.6. The predicted octanol–water partition coefficient (Wildman–Crippen LogP) is 2.71. The standard InChI is InChI=1S/C20H19FN6O/c21-15-6-2-9-23-17(15)20(7-3-8-20)12-25-19-24-11-16(26-27-19)13-4-1-5-14(10-13)18(22)28/h1-2,4-6,9-11H,3,7-8,12H2,(H2,22,28)(H,24,25,27). The van der Waals surface area contributed by atoms with Gasteiger partial charge < -0.3 is 11.1 Å². The molecular formula is C20H19FN6O. The minimum absolute atomic E-state index is 0.285. The fraction of sp³-hybridized carbons (Fsp3) is 0.250. The number of hydrogen-bond donors (Lipinski definition) is 2. The van der Waals surface area contributed by atoms with Crippen LogP contribution in [-0.2, 0) is 5.41 Å². The Bertz CT molecular complexity index is 1000. The number of primary amides is 1. The minimum atomic E-state index is -0.506. The monoisotopic (exact) mass is 378 g/mol. The van der Waals surface area contributed by atoms with Crippen LogP contribution < -0.4 is 11.1 Å². The number of hydrogen-bond acceptors (Lipinski definition) is 6. The molecule has 3 aromatic rings. The Balaban J connectivity index is 1.49. The summed E-state index contributed by atoms with van der Waals surface area (Å²) >= 11 is 0. The smallest absolute Gasteiger partial charge is 0.248 e. The molecule has 142 valence electrons. The summed E-state index contributed by atoms with van der Waals surface area (Å²) in [5.74, 6) is -0.432. The van der Waals surface area contributed by atoms with Gasteiger partial charge in [-0.15, -0.1) is 10.2 Å². The van der Waals surface area contributed by atoms with Crippen molar-refractivity contribution >= 4 is 11.9 Å².